The van der Waals surface area contributed by atoms with E-state index in [0.717, 1.165) is 16.7 Å². The van der Waals surface area contributed by atoms with E-state index >= 15 is 0 Å². The summed E-state index contributed by atoms with van der Waals surface area (Å²) >= 11 is 5.95. The Morgan fingerprint density at radius 2 is 2.14 bits per heavy atom. The minimum absolute atomic E-state index is 0.171. The van der Waals surface area contributed by atoms with E-state index in [9.17, 15) is 14.9 Å². The quantitative estimate of drug-likeness (QED) is 0.391. The van der Waals surface area contributed by atoms with E-state index < -0.39 is 17.0 Å². The van der Waals surface area contributed by atoms with Crippen LogP contribution in [0.25, 0.3) is 0 Å². The van der Waals surface area contributed by atoms with Gasteiger partial charge in [0.25, 0.3) is 5.09 Å². The Hall–Kier alpha value is -2.71. The van der Waals surface area contributed by atoms with Gasteiger partial charge in [0.1, 0.15) is 6.10 Å². The fourth-order valence-corrected chi connectivity index (χ4v) is 3.08. The van der Waals surface area contributed by atoms with Gasteiger partial charge in [-0.3, -0.25) is 9.78 Å². The Labute approximate surface area is 166 Å². The molecule has 28 heavy (non-hydrogen) atoms. The molecule has 0 saturated heterocycles. The lowest BCUT2D eigenvalue weighted by molar-refractivity contribution is -0.758. The molecule has 0 bridgehead atoms. The molecule has 0 aliphatic carbocycles. The second-order valence-electron chi connectivity index (χ2n) is 6.52. The Bertz CT molecular complexity index is 887. The van der Waals surface area contributed by atoms with Crippen LogP contribution in [-0.4, -0.2) is 22.6 Å². The van der Waals surface area contributed by atoms with Gasteiger partial charge in [0.05, 0.1) is 24.8 Å². The molecular weight excluding hydrogens is 388 g/mol. The number of ether oxygens (including phenoxy) is 2. The molecule has 3 rings (SSSR count). The van der Waals surface area contributed by atoms with Crippen molar-refractivity contribution in [1.82, 2.24) is 4.98 Å². The van der Waals surface area contributed by atoms with Crippen LogP contribution in [0, 0.1) is 23.0 Å². The van der Waals surface area contributed by atoms with Crippen molar-refractivity contribution in [1.29, 1.82) is 0 Å². The average molecular weight is 407 g/mol. The number of aromatic nitrogens is 1. The SMILES string of the molecule is Cc1ncc2c(c1OC(=O)C(C)CCO[N+](=O)[O-])CO[C@@H]2c1ccc(Cl)cc1. The van der Waals surface area contributed by atoms with Gasteiger partial charge in [-0.1, -0.05) is 30.7 Å². The summed E-state index contributed by atoms with van der Waals surface area (Å²) < 4.78 is 11.5. The van der Waals surface area contributed by atoms with Crippen LogP contribution in [0.3, 0.4) is 0 Å². The van der Waals surface area contributed by atoms with Crippen LogP contribution in [0.5, 0.6) is 5.75 Å². The average Bonchev–Trinajstić information content (AvgIpc) is 3.08. The lowest BCUT2D eigenvalue weighted by Crippen LogP contribution is -2.21. The van der Waals surface area contributed by atoms with Crippen LogP contribution in [0.4, 0.5) is 0 Å². The first-order valence-corrected chi connectivity index (χ1v) is 9.09. The van der Waals surface area contributed by atoms with Crippen molar-refractivity contribution in [2.75, 3.05) is 6.61 Å². The maximum atomic E-state index is 12.4. The molecule has 0 spiro atoms. The van der Waals surface area contributed by atoms with Gasteiger partial charge < -0.3 is 14.3 Å². The smallest absolute Gasteiger partial charge is 0.314 e. The molecule has 0 fully saturated rings. The molecule has 0 saturated carbocycles. The first kappa shape index (κ1) is 20.0. The standard InChI is InChI=1S/C19H19ClN2O6/c1-11(7-8-27-22(24)25)19(23)28-17-12(2)21-9-15-16(17)10-26-18(15)13-3-5-14(20)6-4-13/h3-6,9,11,18H,7-8,10H2,1-2H3/t11?,18-/m1/s1. The topological polar surface area (TPSA) is 101 Å². The maximum Gasteiger partial charge on any atom is 0.314 e. The van der Waals surface area contributed by atoms with E-state index in [2.05, 4.69) is 9.82 Å². The Balaban J connectivity index is 1.77. The number of carbonyl (C=O) groups is 1. The summed E-state index contributed by atoms with van der Waals surface area (Å²) in [5.41, 5.74) is 3.10. The molecule has 9 heteroatoms. The van der Waals surface area contributed by atoms with E-state index in [1.165, 1.54) is 0 Å². The zero-order valence-electron chi connectivity index (χ0n) is 15.4. The van der Waals surface area contributed by atoms with Crippen molar-refractivity contribution in [3.05, 3.63) is 68.0 Å². The monoisotopic (exact) mass is 406 g/mol. The molecule has 2 aromatic rings. The highest BCUT2D eigenvalue weighted by Crippen LogP contribution is 2.41. The second-order valence-corrected chi connectivity index (χ2v) is 6.95. The third-order valence-corrected chi connectivity index (χ3v) is 4.80. The highest BCUT2D eigenvalue weighted by atomic mass is 35.5. The number of hydrogen-bond acceptors (Lipinski definition) is 7. The normalized spacial score (nSPS) is 16.3. The maximum absolute atomic E-state index is 12.4. The fraction of sp³-hybridized carbons (Fsp3) is 0.368. The summed E-state index contributed by atoms with van der Waals surface area (Å²) in [6.07, 6.45) is 1.58. The summed E-state index contributed by atoms with van der Waals surface area (Å²) in [4.78, 5) is 31.2. The summed E-state index contributed by atoms with van der Waals surface area (Å²) in [5, 5.41) is 9.97. The molecule has 2 heterocycles. The highest BCUT2D eigenvalue weighted by molar-refractivity contribution is 6.30. The van der Waals surface area contributed by atoms with Crippen molar-refractivity contribution in [2.45, 2.75) is 33.0 Å². The number of hydrogen-bond donors (Lipinski definition) is 0. The summed E-state index contributed by atoms with van der Waals surface area (Å²) in [5.74, 6) is -0.689. The molecule has 1 aromatic heterocycles. The highest BCUT2D eigenvalue weighted by Gasteiger charge is 2.30. The number of esters is 1. The number of aryl methyl sites for hydroxylation is 1. The molecular formula is C19H19ClN2O6. The number of pyridine rings is 1. The predicted molar refractivity (Wildman–Crippen MR) is 99.4 cm³/mol. The van der Waals surface area contributed by atoms with Gasteiger partial charge >= 0.3 is 5.97 Å². The molecule has 148 valence electrons. The number of fused-ring (bicyclic) bond motifs is 1. The third kappa shape index (κ3) is 4.40. The number of carbonyl (C=O) groups excluding carboxylic acids is 1. The number of nitrogens with zero attached hydrogens (tertiary/aromatic N) is 2. The third-order valence-electron chi connectivity index (χ3n) is 4.55. The summed E-state index contributed by atoms with van der Waals surface area (Å²) in [7, 11) is 0. The minimum Gasteiger partial charge on any atom is -0.424 e. The Morgan fingerprint density at radius 1 is 1.43 bits per heavy atom. The van der Waals surface area contributed by atoms with Gasteiger partial charge in [-0.25, -0.2) is 0 Å². The van der Waals surface area contributed by atoms with Crippen LogP contribution in [-0.2, 0) is 21.0 Å². The summed E-state index contributed by atoms with van der Waals surface area (Å²) in [6, 6.07) is 7.33. The first-order chi connectivity index (χ1) is 13.4. The number of benzene rings is 1. The van der Waals surface area contributed by atoms with Crippen LogP contribution >= 0.6 is 11.6 Å². The molecule has 1 unspecified atom stereocenters. The first-order valence-electron chi connectivity index (χ1n) is 8.71. The van der Waals surface area contributed by atoms with Gasteiger partial charge in [-0.15, -0.1) is 10.1 Å². The summed E-state index contributed by atoms with van der Waals surface area (Å²) in [6.45, 7) is 3.49. The van der Waals surface area contributed by atoms with Crippen LogP contribution in [0.15, 0.2) is 30.5 Å². The van der Waals surface area contributed by atoms with Crippen molar-refractivity contribution in [2.24, 2.45) is 5.92 Å². The van der Waals surface area contributed by atoms with Crippen LogP contribution in [0.2, 0.25) is 5.02 Å². The Kier molecular flexibility index (Phi) is 6.11. The van der Waals surface area contributed by atoms with E-state index in [1.807, 2.05) is 12.1 Å². The molecule has 1 aromatic carbocycles. The molecule has 1 aliphatic rings. The second kappa shape index (κ2) is 8.53. The fourth-order valence-electron chi connectivity index (χ4n) is 2.96. The Morgan fingerprint density at radius 3 is 2.82 bits per heavy atom. The van der Waals surface area contributed by atoms with Crippen LogP contribution in [0.1, 0.15) is 41.8 Å². The molecule has 0 amide bonds. The van der Waals surface area contributed by atoms with Crippen molar-refractivity contribution < 1.29 is 24.2 Å². The van der Waals surface area contributed by atoms with Gasteiger partial charge in [-0.2, -0.15) is 0 Å². The molecule has 0 radical (unpaired) electrons. The zero-order valence-corrected chi connectivity index (χ0v) is 16.1. The van der Waals surface area contributed by atoms with Gasteiger partial charge in [-0.05, 0) is 31.0 Å². The largest absolute Gasteiger partial charge is 0.424 e. The number of halogens is 1. The van der Waals surface area contributed by atoms with E-state index in [0.29, 0.717) is 16.5 Å². The number of rotatable bonds is 7. The van der Waals surface area contributed by atoms with Gasteiger partial charge in [0, 0.05) is 22.3 Å². The van der Waals surface area contributed by atoms with Crippen molar-refractivity contribution in [3.8, 4) is 5.75 Å². The molecule has 1 aliphatic heterocycles. The van der Waals surface area contributed by atoms with Crippen molar-refractivity contribution >= 4 is 17.6 Å². The molecule has 0 N–H and O–H groups in total. The zero-order chi connectivity index (χ0) is 20.3. The van der Waals surface area contributed by atoms with E-state index in [-0.39, 0.29) is 25.7 Å². The lowest BCUT2D eigenvalue weighted by Gasteiger charge is -2.15. The lowest BCUT2D eigenvalue weighted by atomic mass is 10.00. The van der Waals surface area contributed by atoms with E-state index in [1.54, 1.807) is 32.2 Å². The van der Waals surface area contributed by atoms with Gasteiger partial charge in [0.2, 0.25) is 0 Å². The van der Waals surface area contributed by atoms with Gasteiger partial charge in [0.15, 0.2) is 5.75 Å². The molecule has 8 nitrogen and oxygen atoms in total. The molecule has 2 atom stereocenters. The minimum atomic E-state index is -0.884. The van der Waals surface area contributed by atoms with Crippen LogP contribution < -0.4 is 4.74 Å². The van der Waals surface area contributed by atoms with E-state index in [4.69, 9.17) is 21.1 Å². The predicted octanol–water partition coefficient (Wildman–Crippen LogP) is 3.80. The van der Waals surface area contributed by atoms with Crippen molar-refractivity contribution in [3.63, 3.8) is 0 Å².